The van der Waals surface area contributed by atoms with Crippen LogP contribution in [0.3, 0.4) is 0 Å². The van der Waals surface area contributed by atoms with E-state index < -0.39 is 0 Å². The van der Waals surface area contributed by atoms with Crippen LogP contribution in [0.25, 0.3) is 5.70 Å². The molecule has 2 nitrogen and oxygen atoms in total. The summed E-state index contributed by atoms with van der Waals surface area (Å²) >= 11 is 0. The molecule has 0 heterocycles. The summed E-state index contributed by atoms with van der Waals surface area (Å²) in [6.45, 7) is 3.36. The molecule has 0 aliphatic heterocycles. The molecule has 0 aliphatic carbocycles. The Balaban J connectivity index is 2.91. The minimum Gasteiger partial charge on any atom is -0.398 e. The lowest BCUT2D eigenvalue weighted by atomic mass is 10.1. The second-order valence-corrected chi connectivity index (χ2v) is 2.57. The van der Waals surface area contributed by atoms with Gasteiger partial charge in [-0.1, -0.05) is 36.9 Å². The summed E-state index contributed by atoms with van der Waals surface area (Å²) < 4.78 is 0. The quantitative estimate of drug-likeness (QED) is 0.707. The number of carbonyl (C=O) groups excluding carboxylic acids is 1. The van der Waals surface area contributed by atoms with Crippen LogP contribution in [0.15, 0.2) is 49.1 Å². The van der Waals surface area contributed by atoms with E-state index in [2.05, 4.69) is 6.58 Å². The Hall–Kier alpha value is -1.83. The van der Waals surface area contributed by atoms with Crippen molar-refractivity contribution in [3.05, 3.63) is 54.6 Å². The Morgan fingerprint density at radius 3 is 2.46 bits per heavy atom. The van der Waals surface area contributed by atoms with Crippen LogP contribution < -0.4 is 5.73 Å². The zero-order chi connectivity index (χ0) is 9.68. The highest BCUT2D eigenvalue weighted by atomic mass is 16.1. The van der Waals surface area contributed by atoms with Gasteiger partial charge < -0.3 is 5.73 Å². The lowest BCUT2D eigenvalue weighted by molar-refractivity contribution is -0.110. The van der Waals surface area contributed by atoms with Crippen molar-refractivity contribution in [2.45, 2.75) is 0 Å². The average Bonchev–Trinajstić information content (AvgIpc) is 2.19. The Morgan fingerprint density at radius 2 is 1.92 bits per heavy atom. The molecule has 0 unspecified atom stereocenters. The SMILES string of the molecule is C=CC(=O)C=C(N)c1ccccc1. The maximum absolute atomic E-state index is 10.9. The lowest BCUT2D eigenvalue weighted by Crippen LogP contribution is -1.99. The topological polar surface area (TPSA) is 43.1 Å². The molecule has 2 heteroatoms. The number of hydrogen-bond acceptors (Lipinski definition) is 2. The minimum atomic E-state index is -0.179. The van der Waals surface area contributed by atoms with Crippen molar-refractivity contribution in [2.24, 2.45) is 5.73 Å². The van der Waals surface area contributed by atoms with E-state index in [-0.39, 0.29) is 5.78 Å². The highest BCUT2D eigenvalue weighted by molar-refractivity contribution is 6.03. The molecule has 0 atom stereocenters. The summed E-state index contributed by atoms with van der Waals surface area (Å²) in [4.78, 5) is 10.9. The number of ketones is 1. The lowest BCUT2D eigenvalue weighted by Gasteiger charge is -1.98. The van der Waals surface area contributed by atoms with Crippen LogP contribution in [0.5, 0.6) is 0 Å². The van der Waals surface area contributed by atoms with Crippen LogP contribution in [-0.4, -0.2) is 5.78 Å². The molecule has 13 heavy (non-hydrogen) atoms. The van der Waals surface area contributed by atoms with E-state index in [0.717, 1.165) is 5.56 Å². The predicted molar refractivity (Wildman–Crippen MR) is 53.8 cm³/mol. The van der Waals surface area contributed by atoms with Gasteiger partial charge in [0.25, 0.3) is 0 Å². The maximum atomic E-state index is 10.9. The van der Waals surface area contributed by atoms with Crippen LogP contribution >= 0.6 is 0 Å². The first-order valence-electron chi connectivity index (χ1n) is 3.93. The Morgan fingerprint density at radius 1 is 1.31 bits per heavy atom. The molecule has 0 amide bonds. The van der Waals surface area contributed by atoms with Gasteiger partial charge in [0, 0.05) is 11.8 Å². The molecule has 1 aromatic rings. The van der Waals surface area contributed by atoms with Crippen molar-refractivity contribution in [3.8, 4) is 0 Å². The van der Waals surface area contributed by atoms with Gasteiger partial charge in [0.1, 0.15) is 0 Å². The molecule has 2 N–H and O–H groups in total. The van der Waals surface area contributed by atoms with Crippen molar-refractivity contribution in [1.82, 2.24) is 0 Å². The summed E-state index contributed by atoms with van der Waals surface area (Å²) in [5.74, 6) is -0.179. The van der Waals surface area contributed by atoms with Crippen LogP contribution in [0, 0.1) is 0 Å². The molecule has 66 valence electrons. The first kappa shape index (κ1) is 9.26. The van der Waals surface area contributed by atoms with Gasteiger partial charge in [-0.2, -0.15) is 0 Å². The van der Waals surface area contributed by atoms with E-state index in [1.807, 2.05) is 30.3 Å². The van der Waals surface area contributed by atoms with E-state index in [9.17, 15) is 4.79 Å². The molecule has 0 spiro atoms. The van der Waals surface area contributed by atoms with Crippen molar-refractivity contribution in [1.29, 1.82) is 0 Å². The fourth-order valence-electron chi connectivity index (χ4n) is 0.926. The fourth-order valence-corrected chi connectivity index (χ4v) is 0.926. The zero-order valence-electron chi connectivity index (χ0n) is 7.23. The van der Waals surface area contributed by atoms with Gasteiger partial charge in [-0.3, -0.25) is 4.79 Å². The van der Waals surface area contributed by atoms with Crippen LogP contribution in [0.4, 0.5) is 0 Å². The molecule has 0 fully saturated rings. The van der Waals surface area contributed by atoms with Crippen LogP contribution in [-0.2, 0) is 4.79 Å². The largest absolute Gasteiger partial charge is 0.398 e. The monoisotopic (exact) mass is 173 g/mol. The molecule has 0 saturated heterocycles. The molecule has 0 aromatic heterocycles. The number of nitrogens with two attached hydrogens (primary N) is 1. The molecule has 0 aliphatic rings. The first-order chi connectivity index (χ1) is 6.24. The summed E-state index contributed by atoms with van der Waals surface area (Å²) in [5.41, 5.74) is 6.97. The number of allylic oxidation sites excluding steroid dienone is 2. The number of hydrogen-bond donors (Lipinski definition) is 1. The third-order valence-electron chi connectivity index (χ3n) is 1.61. The summed E-state index contributed by atoms with van der Waals surface area (Å²) in [6.07, 6.45) is 2.60. The van der Waals surface area contributed by atoms with Crippen molar-refractivity contribution < 1.29 is 4.79 Å². The Bertz CT molecular complexity index is 338. The zero-order valence-corrected chi connectivity index (χ0v) is 7.23. The normalized spacial score (nSPS) is 10.9. The van der Waals surface area contributed by atoms with Crippen molar-refractivity contribution in [2.75, 3.05) is 0 Å². The van der Waals surface area contributed by atoms with Gasteiger partial charge in [0.2, 0.25) is 0 Å². The average molecular weight is 173 g/mol. The molecule has 0 bridgehead atoms. The van der Waals surface area contributed by atoms with E-state index in [4.69, 9.17) is 5.73 Å². The second kappa shape index (κ2) is 4.26. The number of carbonyl (C=O) groups is 1. The molecule has 1 aromatic carbocycles. The van der Waals surface area contributed by atoms with Gasteiger partial charge in [-0.15, -0.1) is 0 Å². The van der Waals surface area contributed by atoms with Gasteiger partial charge >= 0.3 is 0 Å². The van der Waals surface area contributed by atoms with Crippen LogP contribution in [0.1, 0.15) is 5.56 Å². The number of rotatable bonds is 3. The summed E-state index contributed by atoms with van der Waals surface area (Å²) in [6, 6.07) is 9.33. The predicted octanol–water partition coefficient (Wildman–Crippen LogP) is 1.74. The van der Waals surface area contributed by atoms with E-state index in [1.165, 1.54) is 12.2 Å². The molecular weight excluding hydrogens is 162 g/mol. The fraction of sp³-hybridized carbons (Fsp3) is 0. The second-order valence-electron chi connectivity index (χ2n) is 2.57. The molecule has 1 rings (SSSR count). The molecule has 0 saturated carbocycles. The van der Waals surface area contributed by atoms with E-state index >= 15 is 0 Å². The Labute approximate surface area is 77.4 Å². The third kappa shape index (κ3) is 2.60. The maximum Gasteiger partial charge on any atom is 0.180 e. The summed E-state index contributed by atoms with van der Waals surface area (Å²) in [5, 5.41) is 0. The standard InChI is InChI=1S/C11H11NO/c1-2-10(13)8-11(12)9-6-4-3-5-7-9/h2-8H,1,12H2. The third-order valence-corrected chi connectivity index (χ3v) is 1.61. The molecular formula is C11H11NO. The van der Waals surface area contributed by atoms with Crippen molar-refractivity contribution in [3.63, 3.8) is 0 Å². The van der Waals surface area contributed by atoms with Gasteiger partial charge in [-0.05, 0) is 11.6 Å². The number of benzene rings is 1. The Kier molecular flexibility index (Phi) is 3.03. The smallest absolute Gasteiger partial charge is 0.180 e. The van der Waals surface area contributed by atoms with Gasteiger partial charge in [0.15, 0.2) is 5.78 Å². The van der Waals surface area contributed by atoms with E-state index in [0.29, 0.717) is 5.70 Å². The highest BCUT2D eigenvalue weighted by Gasteiger charge is 1.96. The highest BCUT2D eigenvalue weighted by Crippen LogP contribution is 2.07. The molecule has 0 radical (unpaired) electrons. The van der Waals surface area contributed by atoms with Gasteiger partial charge in [0.05, 0.1) is 0 Å². The first-order valence-corrected chi connectivity index (χ1v) is 3.93. The van der Waals surface area contributed by atoms with Gasteiger partial charge in [-0.25, -0.2) is 0 Å². The van der Waals surface area contributed by atoms with Crippen LogP contribution in [0.2, 0.25) is 0 Å². The van der Waals surface area contributed by atoms with E-state index in [1.54, 1.807) is 0 Å². The summed E-state index contributed by atoms with van der Waals surface area (Å²) in [7, 11) is 0. The minimum absolute atomic E-state index is 0.179. The van der Waals surface area contributed by atoms with Crippen molar-refractivity contribution >= 4 is 11.5 Å².